The zero-order valence-corrected chi connectivity index (χ0v) is 10.8. The Morgan fingerprint density at radius 3 is 2.83 bits per heavy atom. The molecule has 0 aromatic carbocycles. The molecular formula is C11H17ClN4O2. The van der Waals surface area contributed by atoms with Crippen LogP contribution in [0, 0.1) is 0 Å². The maximum Gasteiger partial charge on any atom is 0.157 e. The first-order valence-electron chi connectivity index (χ1n) is 5.97. The van der Waals surface area contributed by atoms with Crippen LogP contribution in [0.15, 0.2) is 0 Å². The first kappa shape index (κ1) is 13.3. The molecule has 1 aliphatic rings. The largest absolute Gasteiger partial charge is 0.394 e. The van der Waals surface area contributed by atoms with Crippen LogP contribution < -0.4 is 11.1 Å². The monoisotopic (exact) mass is 272 g/mol. The third-order valence-corrected chi connectivity index (χ3v) is 2.92. The van der Waals surface area contributed by atoms with Crippen molar-refractivity contribution in [2.24, 2.45) is 0 Å². The van der Waals surface area contributed by atoms with Gasteiger partial charge in [-0.25, -0.2) is 9.97 Å². The summed E-state index contributed by atoms with van der Waals surface area (Å²) in [4.78, 5) is 8.55. The lowest BCUT2D eigenvalue weighted by atomic mass is 10.3. The number of hydrogen-bond donors (Lipinski definition) is 3. The summed E-state index contributed by atoms with van der Waals surface area (Å²) in [6, 6.07) is 0. The number of rotatable bonds is 7. The molecule has 0 atom stereocenters. The number of halogens is 1. The van der Waals surface area contributed by atoms with E-state index in [9.17, 15) is 0 Å². The molecule has 4 N–H and O–H groups in total. The number of aromatic nitrogens is 2. The Morgan fingerprint density at radius 2 is 2.17 bits per heavy atom. The van der Waals surface area contributed by atoms with E-state index in [1.807, 2.05) is 0 Å². The highest BCUT2D eigenvalue weighted by atomic mass is 35.5. The summed E-state index contributed by atoms with van der Waals surface area (Å²) in [5, 5.41) is 11.9. The van der Waals surface area contributed by atoms with Gasteiger partial charge in [0.05, 0.1) is 19.8 Å². The Labute approximate surface area is 111 Å². The highest BCUT2D eigenvalue weighted by Gasteiger charge is 2.28. The van der Waals surface area contributed by atoms with Crippen LogP contribution in [0.2, 0.25) is 5.15 Å². The second kappa shape index (κ2) is 6.17. The number of nitrogen functional groups attached to an aromatic ring is 1. The molecule has 2 rings (SSSR count). The molecular weight excluding hydrogens is 256 g/mol. The summed E-state index contributed by atoms with van der Waals surface area (Å²) in [6.45, 7) is 1.38. The predicted octanol–water partition coefficient (Wildman–Crippen LogP) is 1.01. The normalized spacial score (nSPS) is 14.8. The standard InChI is InChI=1S/C11H17ClN4O2/c12-9-8(13)11(14-3-5-18-6-4-17)16-10(15-9)7-1-2-7/h7,17H,1-6,13H2,(H,14,15,16). The van der Waals surface area contributed by atoms with Gasteiger partial charge in [0.15, 0.2) is 11.0 Å². The summed E-state index contributed by atoms with van der Waals surface area (Å²) in [5.74, 6) is 1.74. The second-order valence-electron chi connectivity index (χ2n) is 4.17. The maximum absolute atomic E-state index is 8.56. The average molecular weight is 273 g/mol. The Bertz CT molecular complexity index is 412. The third kappa shape index (κ3) is 3.44. The van der Waals surface area contributed by atoms with Crippen molar-refractivity contribution in [1.82, 2.24) is 9.97 Å². The fourth-order valence-electron chi connectivity index (χ4n) is 1.53. The van der Waals surface area contributed by atoms with E-state index in [1.54, 1.807) is 0 Å². The van der Waals surface area contributed by atoms with Gasteiger partial charge in [0, 0.05) is 12.5 Å². The van der Waals surface area contributed by atoms with Crippen molar-refractivity contribution in [3.8, 4) is 0 Å². The van der Waals surface area contributed by atoms with Gasteiger partial charge in [0.1, 0.15) is 11.5 Å². The molecule has 0 bridgehead atoms. The molecule has 1 heterocycles. The van der Waals surface area contributed by atoms with E-state index in [2.05, 4.69) is 15.3 Å². The van der Waals surface area contributed by atoms with E-state index in [-0.39, 0.29) is 6.61 Å². The van der Waals surface area contributed by atoms with Crippen LogP contribution in [0.5, 0.6) is 0 Å². The van der Waals surface area contributed by atoms with Gasteiger partial charge in [-0.3, -0.25) is 0 Å². The van der Waals surface area contributed by atoms with E-state index < -0.39 is 0 Å². The molecule has 100 valence electrons. The Kier molecular flexibility index (Phi) is 4.57. The second-order valence-corrected chi connectivity index (χ2v) is 4.53. The Balaban J connectivity index is 1.93. The van der Waals surface area contributed by atoms with E-state index in [4.69, 9.17) is 27.2 Å². The van der Waals surface area contributed by atoms with Crippen LogP contribution in [0.3, 0.4) is 0 Å². The number of nitrogens with two attached hydrogens (primary N) is 1. The van der Waals surface area contributed by atoms with Gasteiger partial charge in [-0.1, -0.05) is 11.6 Å². The predicted molar refractivity (Wildman–Crippen MR) is 69.8 cm³/mol. The number of hydrogen-bond acceptors (Lipinski definition) is 6. The third-order valence-electron chi connectivity index (χ3n) is 2.63. The molecule has 18 heavy (non-hydrogen) atoms. The minimum Gasteiger partial charge on any atom is -0.394 e. The van der Waals surface area contributed by atoms with Crippen molar-refractivity contribution >= 4 is 23.1 Å². The minimum atomic E-state index is 0.0211. The van der Waals surface area contributed by atoms with Gasteiger partial charge in [-0.05, 0) is 12.8 Å². The van der Waals surface area contributed by atoms with Crippen LogP contribution in [-0.4, -0.2) is 41.4 Å². The van der Waals surface area contributed by atoms with Crippen LogP contribution in [-0.2, 0) is 4.74 Å². The van der Waals surface area contributed by atoms with Crippen molar-refractivity contribution < 1.29 is 9.84 Å². The van der Waals surface area contributed by atoms with Crippen LogP contribution in [0.1, 0.15) is 24.6 Å². The molecule has 7 heteroatoms. The summed E-state index contributed by atoms with van der Waals surface area (Å²) in [6.07, 6.45) is 2.22. The maximum atomic E-state index is 8.56. The molecule has 1 saturated carbocycles. The van der Waals surface area contributed by atoms with Gasteiger partial charge in [0.25, 0.3) is 0 Å². The minimum absolute atomic E-state index is 0.0211. The summed E-state index contributed by atoms with van der Waals surface area (Å²) < 4.78 is 5.13. The molecule has 1 aromatic heterocycles. The lowest BCUT2D eigenvalue weighted by Gasteiger charge is -2.11. The van der Waals surface area contributed by atoms with E-state index >= 15 is 0 Å². The van der Waals surface area contributed by atoms with Crippen molar-refractivity contribution in [3.63, 3.8) is 0 Å². The molecule has 1 fully saturated rings. The Morgan fingerprint density at radius 1 is 1.39 bits per heavy atom. The Hall–Kier alpha value is -1.11. The van der Waals surface area contributed by atoms with Crippen molar-refractivity contribution in [3.05, 3.63) is 11.0 Å². The number of nitrogens with zero attached hydrogens (tertiary/aromatic N) is 2. The molecule has 0 amide bonds. The zero-order valence-electron chi connectivity index (χ0n) is 10.0. The van der Waals surface area contributed by atoms with Crippen LogP contribution in [0.4, 0.5) is 11.5 Å². The van der Waals surface area contributed by atoms with E-state index in [0.717, 1.165) is 18.7 Å². The van der Waals surface area contributed by atoms with Gasteiger partial charge >= 0.3 is 0 Å². The smallest absolute Gasteiger partial charge is 0.157 e. The summed E-state index contributed by atoms with van der Waals surface area (Å²) >= 11 is 5.97. The first-order valence-corrected chi connectivity index (χ1v) is 6.35. The van der Waals surface area contributed by atoms with Gasteiger partial charge in [0.2, 0.25) is 0 Å². The van der Waals surface area contributed by atoms with Crippen molar-refractivity contribution in [1.29, 1.82) is 0 Å². The van der Waals surface area contributed by atoms with E-state index in [0.29, 0.717) is 42.3 Å². The zero-order chi connectivity index (χ0) is 13.0. The van der Waals surface area contributed by atoms with Gasteiger partial charge in [-0.15, -0.1) is 0 Å². The molecule has 6 nitrogen and oxygen atoms in total. The number of nitrogens with one attached hydrogen (secondary N) is 1. The van der Waals surface area contributed by atoms with Crippen LogP contribution >= 0.6 is 11.6 Å². The molecule has 0 spiro atoms. The molecule has 1 aromatic rings. The fraction of sp³-hybridized carbons (Fsp3) is 0.636. The SMILES string of the molecule is Nc1c(Cl)nc(C2CC2)nc1NCCOCCO. The molecule has 0 aliphatic heterocycles. The number of aliphatic hydroxyl groups excluding tert-OH is 1. The highest BCUT2D eigenvalue weighted by molar-refractivity contribution is 6.32. The lowest BCUT2D eigenvalue weighted by molar-refractivity contribution is 0.0992. The first-order chi connectivity index (χ1) is 8.72. The fourth-order valence-corrected chi connectivity index (χ4v) is 1.70. The molecule has 0 saturated heterocycles. The molecule has 0 radical (unpaired) electrons. The van der Waals surface area contributed by atoms with Crippen LogP contribution in [0.25, 0.3) is 0 Å². The molecule has 0 unspecified atom stereocenters. The topological polar surface area (TPSA) is 93.3 Å². The molecule has 1 aliphatic carbocycles. The average Bonchev–Trinajstić information content (AvgIpc) is 3.18. The quantitative estimate of drug-likeness (QED) is 0.507. The van der Waals surface area contributed by atoms with Crippen molar-refractivity contribution in [2.75, 3.05) is 37.4 Å². The number of anilines is 2. The van der Waals surface area contributed by atoms with Gasteiger partial charge in [-0.2, -0.15) is 0 Å². The summed E-state index contributed by atoms with van der Waals surface area (Å²) in [5.41, 5.74) is 6.18. The summed E-state index contributed by atoms with van der Waals surface area (Å²) in [7, 11) is 0. The number of aliphatic hydroxyl groups is 1. The lowest BCUT2D eigenvalue weighted by Crippen LogP contribution is -2.14. The van der Waals surface area contributed by atoms with Gasteiger partial charge < -0.3 is 20.9 Å². The highest BCUT2D eigenvalue weighted by Crippen LogP contribution is 2.39. The number of ether oxygens (including phenoxy) is 1. The van der Waals surface area contributed by atoms with Crippen molar-refractivity contribution in [2.45, 2.75) is 18.8 Å². The van der Waals surface area contributed by atoms with E-state index in [1.165, 1.54) is 0 Å².